The Morgan fingerprint density at radius 3 is 2.60 bits per heavy atom. The first-order chi connectivity index (χ1) is 9.76. The van der Waals surface area contributed by atoms with Gasteiger partial charge >= 0.3 is 0 Å². The van der Waals surface area contributed by atoms with Gasteiger partial charge in [0.1, 0.15) is 0 Å². The van der Waals surface area contributed by atoms with E-state index in [-0.39, 0.29) is 0 Å². The number of ether oxygens (including phenoxy) is 1. The number of amides is 1. The Balaban J connectivity index is 1.32. The molecule has 0 spiro atoms. The zero-order chi connectivity index (χ0) is 13.9. The van der Waals surface area contributed by atoms with Gasteiger partial charge in [-0.3, -0.25) is 9.69 Å². The summed E-state index contributed by atoms with van der Waals surface area (Å²) in [6, 6.07) is 0.610. The Bertz CT molecular complexity index is 332. The summed E-state index contributed by atoms with van der Waals surface area (Å²) < 4.78 is 5.55. The Labute approximate surface area is 121 Å². The van der Waals surface area contributed by atoms with Crippen LogP contribution in [0.5, 0.6) is 0 Å². The fourth-order valence-corrected chi connectivity index (χ4v) is 3.53. The van der Waals surface area contributed by atoms with E-state index < -0.39 is 0 Å². The summed E-state index contributed by atoms with van der Waals surface area (Å²) >= 11 is 0. The summed E-state index contributed by atoms with van der Waals surface area (Å²) in [5, 5.41) is 3.37. The van der Waals surface area contributed by atoms with Crippen LogP contribution in [0.15, 0.2) is 0 Å². The average molecular weight is 281 g/mol. The second kappa shape index (κ2) is 6.41. The molecule has 0 atom stereocenters. The van der Waals surface area contributed by atoms with Gasteiger partial charge in [0.2, 0.25) is 5.91 Å². The number of hydrogen-bond donors (Lipinski definition) is 1. The number of carbonyl (C=O) groups excluding carboxylic acids is 1. The van der Waals surface area contributed by atoms with E-state index in [1.807, 2.05) is 11.8 Å². The third kappa shape index (κ3) is 3.15. The molecule has 5 heteroatoms. The summed E-state index contributed by atoms with van der Waals surface area (Å²) in [4.78, 5) is 16.7. The largest absolute Gasteiger partial charge is 0.378 e. The summed E-state index contributed by atoms with van der Waals surface area (Å²) in [7, 11) is 0. The molecule has 1 N–H and O–H groups in total. The van der Waals surface area contributed by atoms with Crippen LogP contribution in [0.2, 0.25) is 0 Å². The van der Waals surface area contributed by atoms with E-state index in [2.05, 4.69) is 10.2 Å². The van der Waals surface area contributed by atoms with Crippen molar-refractivity contribution in [1.82, 2.24) is 15.1 Å². The summed E-state index contributed by atoms with van der Waals surface area (Å²) in [5.41, 5.74) is 0. The summed E-state index contributed by atoms with van der Waals surface area (Å²) in [6.07, 6.45) is 3.31. The standard InChI is InChI=1S/C15H27N3O2/c1-2-20-14-7-12(8-14)9-15(19)18-10-13(11-18)17-5-3-16-4-6-17/h12-14,16H,2-11H2,1H3. The molecule has 5 nitrogen and oxygen atoms in total. The maximum absolute atomic E-state index is 12.2. The molecule has 1 saturated carbocycles. The predicted octanol–water partition coefficient (Wildman–Crippen LogP) is 0.308. The molecule has 0 unspecified atom stereocenters. The van der Waals surface area contributed by atoms with Crippen LogP contribution < -0.4 is 5.32 Å². The van der Waals surface area contributed by atoms with E-state index in [4.69, 9.17) is 4.74 Å². The lowest BCUT2D eigenvalue weighted by Gasteiger charge is -2.47. The van der Waals surface area contributed by atoms with Crippen LogP contribution >= 0.6 is 0 Å². The molecule has 2 saturated heterocycles. The first kappa shape index (κ1) is 14.3. The molecule has 0 radical (unpaired) electrons. The monoisotopic (exact) mass is 281 g/mol. The molecule has 1 amide bonds. The fourth-order valence-electron chi connectivity index (χ4n) is 3.53. The van der Waals surface area contributed by atoms with Gasteiger partial charge in [0.05, 0.1) is 6.10 Å². The summed E-state index contributed by atoms with van der Waals surface area (Å²) in [6.45, 7) is 9.16. The predicted molar refractivity (Wildman–Crippen MR) is 77.6 cm³/mol. The van der Waals surface area contributed by atoms with Gasteiger partial charge in [-0.05, 0) is 25.7 Å². The van der Waals surface area contributed by atoms with Crippen molar-refractivity contribution in [2.75, 3.05) is 45.9 Å². The Morgan fingerprint density at radius 1 is 1.25 bits per heavy atom. The molecule has 3 rings (SSSR count). The van der Waals surface area contributed by atoms with E-state index >= 15 is 0 Å². The molecule has 3 aliphatic rings. The van der Waals surface area contributed by atoms with Crippen molar-refractivity contribution in [2.45, 2.75) is 38.3 Å². The Kier molecular flexibility index (Phi) is 4.58. The smallest absolute Gasteiger partial charge is 0.222 e. The summed E-state index contributed by atoms with van der Waals surface area (Å²) in [5.74, 6) is 0.925. The normalized spacial score (nSPS) is 31.8. The molecule has 0 aromatic rings. The van der Waals surface area contributed by atoms with Gasteiger partial charge in [-0.1, -0.05) is 0 Å². The van der Waals surface area contributed by atoms with Crippen LogP contribution in [0.3, 0.4) is 0 Å². The zero-order valence-electron chi connectivity index (χ0n) is 12.5. The number of nitrogens with zero attached hydrogens (tertiary/aromatic N) is 2. The Hall–Kier alpha value is -0.650. The van der Waals surface area contributed by atoms with Gasteiger partial charge in [-0.2, -0.15) is 0 Å². The number of likely N-dealkylation sites (tertiary alicyclic amines) is 1. The third-order valence-electron chi connectivity index (χ3n) is 4.94. The number of rotatable bonds is 5. The van der Waals surface area contributed by atoms with Crippen molar-refractivity contribution in [3.05, 3.63) is 0 Å². The van der Waals surface area contributed by atoms with Gasteiger partial charge in [-0.25, -0.2) is 0 Å². The van der Waals surface area contributed by atoms with Crippen molar-refractivity contribution in [1.29, 1.82) is 0 Å². The van der Waals surface area contributed by atoms with Crippen molar-refractivity contribution >= 4 is 5.91 Å². The number of piperazine rings is 1. The maximum Gasteiger partial charge on any atom is 0.222 e. The van der Waals surface area contributed by atoms with Crippen molar-refractivity contribution in [3.8, 4) is 0 Å². The van der Waals surface area contributed by atoms with Crippen LogP contribution in [0.4, 0.5) is 0 Å². The van der Waals surface area contributed by atoms with Crippen LogP contribution in [0.1, 0.15) is 26.2 Å². The number of nitrogens with one attached hydrogen (secondary N) is 1. The SMILES string of the molecule is CCOC1CC(CC(=O)N2CC(N3CCNCC3)C2)C1. The van der Waals surface area contributed by atoms with E-state index in [1.165, 1.54) is 0 Å². The molecular weight excluding hydrogens is 254 g/mol. The molecule has 0 bridgehead atoms. The number of carbonyl (C=O) groups is 1. The van der Waals surface area contributed by atoms with E-state index in [9.17, 15) is 4.79 Å². The van der Waals surface area contributed by atoms with Gasteiger partial charge in [-0.15, -0.1) is 0 Å². The van der Waals surface area contributed by atoms with E-state index in [0.29, 0.717) is 24.0 Å². The van der Waals surface area contributed by atoms with Gasteiger partial charge < -0.3 is 15.0 Å². The van der Waals surface area contributed by atoms with Crippen molar-refractivity contribution in [2.24, 2.45) is 5.92 Å². The second-order valence-electron chi connectivity index (χ2n) is 6.36. The van der Waals surface area contributed by atoms with E-state index in [0.717, 1.165) is 65.1 Å². The molecule has 2 heterocycles. The maximum atomic E-state index is 12.2. The molecule has 0 aromatic carbocycles. The highest BCUT2D eigenvalue weighted by Gasteiger charge is 2.38. The third-order valence-corrected chi connectivity index (χ3v) is 4.94. The molecule has 114 valence electrons. The minimum absolute atomic E-state index is 0.358. The Morgan fingerprint density at radius 2 is 1.95 bits per heavy atom. The molecule has 2 aliphatic heterocycles. The molecular formula is C15H27N3O2. The highest BCUT2D eigenvalue weighted by Crippen LogP contribution is 2.33. The minimum Gasteiger partial charge on any atom is -0.378 e. The van der Waals surface area contributed by atoms with Crippen LogP contribution in [-0.2, 0) is 9.53 Å². The quantitative estimate of drug-likeness (QED) is 0.788. The topological polar surface area (TPSA) is 44.8 Å². The first-order valence-corrected chi connectivity index (χ1v) is 8.10. The zero-order valence-corrected chi connectivity index (χ0v) is 12.5. The van der Waals surface area contributed by atoms with Gasteiger partial charge in [0, 0.05) is 58.3 Å². The number of hydrogen-bond acceptors (Lipinski definition) is 4. The van der Waals surface area contributed by atoms with Crippen molar-refractivity contribution in [3.63, 3.8) is 0 Å². The van der Waals surface area contributed by atoms with Crippen LogP contribution in [0.25, 0.3) is 0 Å². The van der Waals surface area contributed by atoms with Gasteiger partial charge in [0.15, 0.2) is 0 Å². The molecule has 1 aliphatic carbocycles. The fraction of sp³-hybridized carbons (Fsp3) is 0.933. The van der Waals surface area contributed by atoms with Crippen molar-refractivity contribution < 1.29 is 9.53 Å². The molecule has 0 aromatic heterocycles. The van der Waals surface area contributed by atoms with Crippen LogP contribution in [0, 0.1) is 5.92 Å². The lowest BCUT2D eigenvalue weighted by molar-refractivity contribution is -0.142. The minimum atomic E-state index is 0.358. The lowest BCUT2D eigenvalue weighted by Crippen LogP contribution is -2.64. The van der Waals surface area contributed by atoms with E-state index in [1.54, 1.807) is 0 Å². The highest BCUT2D eigenvalue weighted by atomic mass is 16.5. The molecule has 3 fully saturated rings. The van der Waals surface area contributed by atoms with Gasteiger partial charge in [0.25, 0.3) is 0 Å². The highest BCUT2D eigenvalue weighted by molar-refractivity contribution is 5.77. The second-order valence-corrected chi connectivity index (χ2v) is 6.36. The lowest BCUT2D eigenvalue weighted by atomic mass is 9.79. The average Bonchev–Trinajstić information content (AvgIpc) is 2.36. The first-order valence-electron chi connectivity index (χ1n) is 8.10. The molecule has 20 heavy (non-hydrogen) atoms. The van der Waals surface area contributed by atoms with Crippen LogP contribution in [-0.4, -0.2) is 73.7 Å².